The Labute approximate surface area is 219 Å². The molecule has 1 aliphatic heterocycles. The summed E-state index contributed by atoms with van der Waals surface area (Å²) in [6.45, 7) is 4.98. The van der Waals surface area contributed by atoms with E-state index >= 15 is 0 Å². The standard InChI is InChI=1S/C28H25BrClN3O2/c1-20-7-9-21(10-8-20)19-35-27-25(29)16-22(17-26(27)30)15-23(18-31)28(34)33-13-11-32(12-14-33)24-5-3-2-4-6-24/h2-10,15-17H,11-14,19H2,1H3/b23-15-. The van der Waals surface area contributed by atoms with Crippen molar-refractivity contribution in [1.29, 1.82) is 5.26 Å². The van der Waals surface area contributed by atoms with Crippen molar-refractivity contribution in [2.24, 2.45) is 0 Å². The third-order valence-electron chi connectivity index (χ3n) is 5.87. The van der Waals surface area contributed by atoms with Crippen molar-refractivity contribution in [2.45, 2.75) is 13.5 Å². The molecule has 0 N–H and O–H groups in total. The van der Waals surface area contributed by atoms with E-state index in [2.05, 4.69) is 39.0 Å². The molecule has 0 unspecified atom stereocenters. The lowest BCUT2D eigenvalue weighted by atomic mass is 10.1. The molecular formula is C28H25BrClN3O2. The first-order valence-corrected chi connectivity index (χ1v) is 12.5. The summed E-state index contributed by atoms with van der Waals surface area (Å²) in [6, 6.07) is 23.8. The van der Waals surface area contributed by atoms with Gasteiger partial charge in [0, 0.05) is 31.9 Å². The van der Waals surface area contributed by atoms with Crippen LogP contribution in [0.2, 0.25) is 5.02 Å². The normalized spacial score (nSPS) is 13.9. The number of para-hydroxylation sites is 1. The molecule has 0 saturated carbocycles. The summed E-state index contributed by atoms with van der Waals surface area (Å²) in [5.41, 5.74) is 4.09. The minimum atomic E-state index is -0.271. The Kier molecular flexibility index (Phi) is 8.12. The lowest BCUT2D eigenvalue weighted by Crippen LogP contribution is -2.49. The van der Waals surface area contributed by atoms with Crippen molar-refractivity contribution in [3.63, 3.8) is 0 Å². The van der Waals surface area contributed by atoms with E-state index < -0.39 is 0 Å². The molecule has 0 spiro atoms. The van der Waals surface area contributed by atoms with Crippen molar-refractivity contribution >= 4 is 45.2 Å². The Bertz CT molecular complexity index is 1240. The van der Waals surface area contributed by atoms with Gasteiger partial charge in [0.2, 0.25) is 0 Å². The molecule has 0 aliphatic carbocycles. The quantitative estimate of drug-likeness (QED) is 0.269. The van der Waals surface area contributed by atoms with Gasteiger partial charge < -0.3 is 14.5 Å². The minimum Gasteiger partial charge on any atom is -0.486 e. The molecule has 1 aliphatic rings. The third kappa shape index (κ3) is 6.25. The van der Waals surface area contributed by atoms with E-state index in [1.54, 1.807) is 23.1 Å². The van der Waals surface area contributed by atoms with E-state index in [1.165, 1.54) is 5.56 Å². The zero-order valence-corrected chi connectivity index (χ0v) is 21.7. The lowest BCUT2D eigenvalue weighted by Gasteiger charge is -2.36. The van der Waals surface area contributed by atoms with E-state index in [0.717, 1.165) is 24.3 Å². The van der Waals surface area contributed by atoms with Gasteiger partial charge >= 0.3 is 0 Å². The van der Waals surface area contributed by atoms with Gasteiger partial charge in [0.15, 0.2) is 5.75 Å². The molecule has 1 amide bonds. The Morgan fingerprint density at radius 1 is 1.09 bits per heavy atom. The predicted octanol–water partition coefficient (Wildman–Crippen LogP) is 6.25. The topological polar surface area (TPSA) is 56.6 Å². The van der Waals surface area contributed by atoms with Crippen LogP contribution in [0.25, 0.3) is 6.08 Å². The summed E-state index contributed by atoms with van der Waals surface area (Å²) in [5.74, 6) is 0.249. The van der Waals surface area contributed by atoms with Crippen LogP contribution in [0.5, 0.6) is 5.75 Å². The molecule has 3 aromatic carbocycles. The molecule has 1 fully saturated rings. The molecule has 35 heavy (non-hydrogen) atoms. The number of benzene rings is 3. The molecular weight excluding hydrogens is 526 g/mol. The van der Waals surface area contributed by atoms with Crippen LogP contribution in [0, 0.1) is 18.3 Å². The van der Waals surface area contributed by atoms with E-state index in [-0.39, 0.29) is 11.5 Å². The number of piperazine rings is 1. The monoisotopic (exact) mass is 549 g/mol. The summed E-state index contributed by atoms with van der Waals surface area (Å²) >= 11 is 10.0. The van der Waals surface area contributed by atoms with E-state index in [1.807, 2.05) is 49.4 Å². The Morgan fingerprint density at radius 3 is 2.40 bits per heavy atom. The van der Waals surface area contributed by atoms with Gasteiger partial charge in [-0.15, -0.1) is 0 Å². The Hall–Kier alpha value is -3.27. The van der Waals surface area contributed by atoms with Crippen molar-refractivity contribution in [2.75, 3.05) is 31.1 Å². The first kappa shape index (κ1) is 24.8. The van der Waals surface area contributed by atoms with Gasteiger partial charge in [0.05, 0.1) is 9.50 Å². The summed E-state index contributed by atoms with van der Waals surface area (Å²) in [4.78, 5) is 17.0. The highest BCUT2D eigenvalue weighted by Crippen LogP contribution is 2.36. The summed E-state index contributed by atoms with van der Waals surface area (Å²) in [6.07, 6.45) is 1.58. The summed E-state index contributed by atoms with van der Waals surface area (Å²) in [5, 5.41) is 10.1. The first-order chi connectivity index (χ1) is 16.9. The molecule has 178 valence electrons. The largest absolute Gasteiger partial charge is 0.486 e. The zero-order chi connectivity index (χ0) is 24.8. The molecule has 5 nitrogen and oxygen atoms in total. The second kappa shape index (κ2) is 11.4. The van der Waals surface area contributed by atoms with Crippen LogP contribution in [-0.4, -0.2) is 37.0 Å². The first-order valence-electron chi connectivity index (χ1n) is 11.3. The number of hydrogen-bond donors (Lipinski definition) is 0. The molecule has 3 aromatic rings. The van der Waals surface area contributed by atoms with Crippen LogP contribution in [-0.2, 0) is 11.4 Å². The number of carbonyl (C=O) groups excluding carboxylic acids is 1. The molecule has 0 bridgehead atoms. The van der Waals surface area contributed by atoms with E-state index in [0.29, 0.717) is 40.5 Å². The smallest absolute Gasteiger partial charge is 0.264 e. The van der Waals surface area contributed by atoms with Crippen LogP contribution in [0.4, 0.5) is 5.69 Å². The fraction of sp³-hybridized carbons (Fsp3) is 0.214. The van der Waals surface area contributed by atoms with Crippen LogP contribution in [0.1, 0.15) is 16.7 Å². The highest BCUT2D eigenvalue weighted by atomic mass is 79.9. The van der Waals surface area contributed by atoms with Gasteiger partial charge in [0.25, 0.3) is 5.91 Å². The highest BCUT2D eigenvalue weighted by Gasteiger charge is 2.24. The van der Waals surface area contributed by atoms with Crippen LogP contribution >= 0.6 is 27.5 Å². The van der Waals surface area contributed by atoms with Gasteiger partial charge in [-0.25, -0.2) is 0 Å². The number of nitriles is 1. The van der Waals surface area contributed by atoms with Crippen LogP contribution in [0.15, 0.2) is 76.8 Å². The average Bonchev–Trinajstić information content (AvgIpc) is 2.88. The highest BCUT2D eigenvalue weighted by molar-refractivity contribution is 9.10. The third-order valence-corrected chi connectivity index (χ3v) is 6.74. The van der Waals surface area contributed by atoms with Crippen molar-refractivity contribution in [3.8, 4) is 11.8 Å². The molecule has 0 aromatic heterocycles. The zero-order valence-electron chi connectivity index (χ0n) is 19.4. The predicted molar refractivity (Wildman–Crippen MR) is 143 cm³/mol. The lowest BCUT2D eigenvalue weighted by molar-refractivity contribution is -0.126. The van der Waals surface area contributed by atoms with Gasteiger partial charge in [-0.05, 0) is 64.3 Å². The van der Waals surface area contributed by atoms with Gasteiger partial charge in [0.1, 0.15) is 18.2 Å². The number of hydrogen-bond acceptors (Lipinski definition) is 4. The SMILES string of the molecule is Cc1ccc(COc2c(Cl)cc(/C=C(/C#N)C(=O)N3CCN(c4ccccc4)CC3)cc2Br)cc1. The maximum Gasteiger partial charge on any atom is 0.264 e. The maximum atomic E-state index is 13.0. The van der Waals surface area contributed by atoms with E-state index in [9.17, 15) is 10.1 Å². The number of anilines is 1. The summed E-state index contributed by atoms with van der Waals surface area (Å²) in [7, 11) is 0. The molecule has 0 atom stereocenters. The number of carbonyl (C=O) groups is 1. The molecule has 1 saturated heterocycles. The number of nitrogens with zero attached hydrogens (tertiary/aromatic N) is 3. The number of halogens is 2. The number of rotatable bonds is 6. The van der Waals surface area contributed by atoms with Crippen molar-refractivity contribution < 1.29 is 9.53 Å². The van der Waals surface area contributed by atoms with Gasteiger partial charge in [-0.3, -0.25) is 4.79 Å². The number of ether oxygens (including phenoxy) is 1. The number of aryl methyl sites for hydroxylation is 1. The Morgan fingerprint density at radius 2 is 1.77 bits per heavy atom. The van der Waals surface area contributed by atoms with Crippen LogP contribution in [0.3, 0.4) is 0 Å². The Balaban J connectivity index is 1.43. The molecule has 4 rings (SSSR count). The number of amides is 1. The van der Waals surface area contributed by atoms with Crippen molar-refractivity contribution in [1.82, 2.24) is 4.90 Å². The average molecular weight is 551 g/mol. The molecule has 7 heteroatoms. The second-order valence-electron chi connectivity index (χ2n) is 8.37. The molecule has 0 radical (unpaired) electrons. The second-order valence-corrected chi connectivity index (χ2v) is 9.63. The summed E-state index contributed by atoms with van der Waals surface area (Å²) < 4.78 is 6.58. The fourth-order valence-electron chi connectivity index (χ4n) is 3.93. The van der Waals surface area contributed by atoms with Crippen molar-refractivity contribution in [3.05, 3.63) is 98.5 Å². The minimum absolute atomic E-state index is 0.0782. The molecule has 1 heterocycles. The van der Waals surface area contributed by atoms with Gasteiger partial charge in [-0.1, -0.05) is 59.6 Å². The van der Waals surface area contributed by atoms with E-state index in [4.69, 9.17) is 16.3 Å². The fourth-order valence-corrected chi connectivity index (χ4v) is 4.91. The van der Waals surface area contributed by atoms with Gasteiger partial charge in [-0.2, -0.15) is 5.26 Å². The maximum absolute atomic E-state index is 13.0. The van der Waals surface area contributed by atoms with Crippen LogP contribution < -0.4 is 9.64 Å².